The van der Waals surface area contributed by atoms with Crippen LogP contribution in [0.25, 0.3) is 11.0 Å². The molecule has 0 bridgehead atoms. The zero-order valence-electron chi connectivity index (χ0n) is 12.6. The Labute approximate surface area is 131 Å². The molecule has 0 aliphatic carbocycles. The number of aryl methyl sites for hydroxylation is 1. The monoisotopic (exact) mass is 312 g/mol. The maximum Gasteiger partial charge on any atom is 0.406 e. The van der Waals surface area contributed by atoms with Gasteiger partial charge in [0.15, 0.2) is 0 Å². The number of fused-ring (bicyclic) bond motifs is 1. The van der Waals surface area contributed by atoms with Gasteiger partial charge in [-0.25, -0.2) is 4.98 Å². The fourth-order valence-corrected chi connectivity index (χ4v) is 3.31. The van der Waals surface area contributed by atoms with Crippen LogP contribution in [-0.2, 0) is 7.05 Å². The van der Waals surface area contributed by atoms with E-state index < -0.39 is 4.92 Å². The summed E-state index contributed by atoms with van der Waals surface area (Å²) in [6.45, 7) is 0.752. The molecule has 8 nitrogen and oxygen atoms in total. The van der Waals surface area contributed by atoms with Crippen LogP contribution in [0.2, 0.25) is 0 Å². The van der Waals surface area contributed by atoms with E-state index in [9.17, 15) is 10.1 Å². The van der Waals surface area contributed by atoms with Crippen LogP contribution in [0.5, 0.6) is 0 Å². The van der Waals surface area contributed by atoms with E-state index in [1.165, 1.54) is 6.33 Å². The molecule has 0 amide bonds. The molecular formula is C15H16N6O2. The second-order valence-corrected chi connectivity index (χ2v) is 5.75. The Kier molecular flexibility index (Phi) is 3.03. The lowest BCUT2D eigenvalue weighted by Crippen LogP contribution is -2.26. The fourth-order valence-electron chi connectivity index (χ4n) is 3.31. The molecule has 0 radical (unpaired) electrons. The molecule has 0 unspecified atom stereocenters. The average molecular weight is 312 g/mol. The van der Waals surface area contributed by atoms with Gasteiger partial charge in [-0.2, -0.15) is 0 Å². The molecule has 1 saturated heterocycles. The number of nitro groups is 1. The average Bonchev–Trinajstić information content (AvgIpc) is 3.22. The number of H-pyrrole nitrogens is 1. The number of hydrogen-bond acceptors (Lipinski definition) is 5. The van der Waals surface area contributed by atoms with Crippen molar-refractivity contribution >= 4 is 22.7 Å². The van der Waals surface area contributed by atoms with Crippen molar-refractivity contribution in [2.45, 2.75) is 18.9 Å². The van der Waals surface area contributed by atoms with Gasteiger partial charge < -0.3 is 20.0 Å². The van der Waals surface area contributed by atoms with Crippen molar-refractivity contribution in [3.63, 3.8) is 0 Å². The quantitative estimate of drug-likeness (QED) is 0.592. The second kappa shape index (κ2) is 5.08. The summed E-state index contributed by atoms with van der Waals surface area (Å²) in [4.78, 5) is 24.8. The van der Waals surface area contributed by atoms with E-state index >= 15 is 0 Å². The van der Waals surface area contributed by atoms with Crippen LogP contribution >= 0.6 is 0 Å². The van der Waals surface area contributed by atoms with Gasteiger partial charge in [0.25, 0.3) is 0 Å². The Morgan fingerprint density at radius 2 is 2.22 bits per heavy atom. The number of benzene rings is 1. The first-order valence-electron chi connectivity index (χ1n) is 7.52. The Bertz CT molecular complexity index is 850. The summed E-state index contributed by atoms with van der Waals surface area (Å²) in [5.74, 6) is 1.28. The first kappa shape index (κ1) is 13.7. The number of nitrogens with one attached hydrogen (secondary N) is 1. The summed E-state index contributed by atoms with van der Waals surface area (Å²) in [5, 5.41) is 11.3. The zero-order chi connectivity index (χ0) is 16.0. The first-order chi connectivity index (χ1) is 11.1. The van der Waals surface area contributed by atoms with Gasteiger partial charge in [0, 0.05) is 13.6 Å². The molecule has 1 aromatic carbocycles. The Morgan fingerprint density at radius 3 is 3.00 bits per heavy atom. The lowest BCUT2D eigenvalue weighted by atomic mass is 10.2. The Morgan fingerprint density at radius 1 is 1.39 bits per heavy atom. The van der Waals surface area contributed by atoms with Gasteiger partial charge >= 0.3 is 5.82 Å². The van der Waals surface area contributed by atoms with Crippen molar-refractivity contribution in [2.24, 2.45) is 7.05 Å². The molecule has 1 atom stereocenters. The number of imidazole rings is 2. The Balaban J connectivity index is 1.77. The molecule has 3 aromatic rings. The number of anilines is 1. The van der Waals surface area contributed by atoms with Crippen LogP contribution in [0.15, 0.2) is 30.6 Å². The Hall–Kier alpha value is -2.90. The molecule has 0 spiro atoms. The molecule has 1 aliphatic rings. The predicted octanol–water partition coefficient (Wildman–Crippen LogP) is 2.55. The highest BCUT2D eigenvalue weighted by Gasteiger charge is 2.35. The number of para-hydroxylation sites is 2. The molecule has 1 fully saturated rings. The van der Waals surface area contributed by atoms with Gasteiger partial charge in [-0.3, -0.25) is 4.57 Å². The van der Waals surface area contributed by atoms with Crippen LogP contribution in [0, 0.1) is 10.1 Å². The van der Waals surface area contributed by atoms with Crippen LogP contribution in [0.1, 0.15) is 24.7 Å². The molecule has 118 valence electrons. The molecule has 1 aliphatic heterocycles. The summed E-state index contributed by atoms with van der Waals surface area (Å²) in [5.41, 5.74) is 1.89. The molecule has 3 heterocycles. The lowest BCUT2D eigenvalue weighted by molar-refractivity contribution is -0.388. The van der Waals surface area contributed by atoms with Crippen molar-refractivity contribution in [2.75, 3.05) is 11.4 Å². The third-order valence-corrected chi connectivity index (χ3v) is 4.31. The number of rotatable bonds is 3. The van der Waals surface area contributed by atoms with E-state index in [1.807, 2.05) is 29.2 Å². The van der Waals surface area contributed by atoms with E-state index in [0.29, 0.717) is 5.82 Å². The molecule has 2 aromatic heterocycles. The summed E-state index contributed by atoms with van der Waals surface area (Å²) in [6.07, 6.45) is 3.35. The maximum absolute atomic E-state index is 11.3. The standard InChI is InChI=1S/C15H16N6O2/c1-19-9-16-14(21(22)23)15(19)20-8-4-7-12(20)13-17-10-5-2-3-6-11(10)18-13/h2-3,5-6,9,12H,4,7-8H2,1H3,(H,17,18)/t12-/m1/s1. The summed E-state index contributed by atoms with van der Waals surface area (Å²) < 4.78 is 1.71. The van der Waals surface area contributed by atoms with Crippen molar-refractivity contribution < 1.29 is 4.92 Å². The molecule has 0 saturated carbocycles. The van der Waals surface area contributed by atoms with E-state index in [-0.39, 0.29) is 11.9 Å². The van der Waals surface area contributed by atoms with Crippen molar-refractivity contribution in [3.05, 3.63) is 46.5 Å². The van der Waals surface area contributed by atoms with Crippen molar-refractivity contribution in [1.29, 1.82) is 0 Å². The minimum absolute atomic E-state index is 0.00324. The normalized spacial score (nSPS) is 18.0. The smallest absolute Gasteiger partial charge is 0.358 e. The van der Waals surface area contributed by atoms with Gasteiger partial charge in [0.05, 0.1) is 17.1 Å². The highest BCUT2D eigenvalue weighted by Crippen LogP contribution is 2.39. The number of nitrogens with zero attached hydrogens (tertiary/aromatic N) is 5. The van der Waals surface area contributed by atoms with Crippen LogP contribution in [-0.4, -0.2) is 31.0 Å². The highest BCUT2D eigenvalue weighted by molar-refractivity contribution is 5.75. The maximum atomic E-state index is 11.3. The van der Waals surface area contributed by atoms with E-state index in [1.54, 1.807) is 11.6 Å². The van der Waals surface area contributed by atoms with Crippen LogP contribution < -0.4 is 4.90 Å². The van der Waals surface area contributed by atoms with Gasteiger partial charge in [0.2, 0.25) is 12.1 Å². The van der Waals surface area contributed by atoms with Crippen LogP contribution in [0.3, 0.4) is 0 Å². The SMILES string of the molecule is Cn1cnc([N+](=O)[O-])c1N1CCC[C@@H]1c1nc2ccccc2[nH]1. The van der Waals surface area contributed by atoms with Crippen molar-refractivity contribution in [1.82, 2.24) is 19.5 Å². The first-order valence-corrected chi connectivity index (χ1v) is 7.52. The summed E-state index contributed by atoms with van der Waals surface area (Å²) in [7, 11) is 1.78. The molecular weight excluding hydrogens is 296 g/mol. The topological polar surface area (TPSA) is 92.9 Å². The van der Waals surface area contributed by atoms with Gasteiger partial charge in [-0.05, 0) is 34.9 Å². The zero-order valence-corrected chi connectivity index (χ0v) is 12.6. The number of aromatic nitrogens is 4. The van der Waals surface area contributed by atoms with Crippen molar-refractivity contribution in [3.8, 4) is 0 Å². The third kappa shape index (κ3) is 2.14. The molecule has 23 heavy (non-hydrogen) atoms. The predicted molar refractivity (Wildman–Crippen MR) is 85.3 cm³/mol. The molecule has 8 heteroatoms. The number of aromatic amines is 1. The number of hydrogen-bond donors (Lipinski definition) is 1. The molecule has 1 N–H and O–H groups in total. The van der Waals surface area contributed by atoms with E-state index in [4.69, 9.17) is 0 Å². The summed E-state index contributed by atoms with van der Waals surface area (Å²) >= 11 is 0. The molecule has 4 rings (SSSR count). The lowest BCUT2D eigenvalue weighted by Gasteiger charge is -2.24. The van der Waals surface area contributed by atoms with E-state index in [0.717, 1.165) is 36.2 Å². The fraction of sp³-hybridized carbons (Fsp3) is 0.333. The minimum atomic E-state index is -0.427. The van der Waals surface area contributed by atoms with Crippen LogP contribution in [0.4, 0.5) is 11.6 Å². The largest absolute Gasteiger partial charge is 0.406 e. The highest BCUT2D eigenvalue weighted by atomic mass is 16.6. The third-order valence-electron chi connectivity index (χ3n) is 4.31. The van der Waals surface area contributed by atoms with Gasteiger partial charge in [0.1, 0.15) is 5.82 Å². The summed E-state index contributed by atoms with van der Waals surface area (Å²) in [6, 6.07) is 7.85. The second-order valence-electron chi connectivity index (χ2n) is 5.75. The van der Waals surface area contributed by atoms with Gasteiger partial charge in [-0.15, -0.1) is 0 Å². The minimum Gasteiger partial charge on any atom is -0.358 e. The van der Waals surface area contributed by atoms with Gasteiger partial charge in [-0.1, -0.05) is 12.1 Å². The van der Waals surface area contributed by atoms with E-state index in [2.05, 4.69) is 15.0 Å².